The summed E-state index contributed by atoms with van der Waals surface area (Å²) in [5.41, 5.74) is 2.05. The van der Waals surface area contributed by atoms with Gasteiger partial charge in [0.25, 0.3) is 0 Å². The summed E-state index contributed by atoms with van der Waals surface area (Å²) in [7, 11) is 0. The predicted molar refractivity (Wildman–Crippen MR) is 123 cm³/mol. The fraction of sp³-hybridized carbons (Fsp3) is 0.852. The third-order valence-electron chi connectivity index (χ3n) is 10.1. The number of allylic oxidation sites excluding steroid dienone is 2. The number of nitrogens with zero attached hydrogens (tertiary/aromatic N) is 1. The van der Waals surface area contributed by atoms with E-state index in [0.29, 0.717) is 34.7 Å². The maximum absolute atomic E-state index is 13.3. The first-order chi connectivity index (χ1) is 14.2. The molecule has 30 heavy (non-hydrogen) atoms. The van der Waals surface area contributed by atoms with Crippen LogP contribution in [0.25, 0.3) is 0 Å². The van der Waals surface area contributed by atoms with Crippen molar-refractivity contribution in [2.45, 2.75) is 98.8 Å². The minimum atomic E-state index is -0.0174. The Labute approximate surface area is 183 Å². The highest BCUT2D eigenvalue weighted by Gasteiger charge is 2.60. The van der Waals surface area contributed by atoms with E-state index in [9.17, 15) is 10.0 Å². The van der Waals surface area contributed by atoms with Crippen molar-refractivity contribution in [3.63, 3.8) is 0 Å². The maximum atomic E-state index is 13.3. The van der Waals surface area contributed by atoms with Gasteiger partial charge in [0.2, 0.25) is 0 Å². The SMILES string of the molecule is CC(C)CCC[C@@H](C)[C@H]1CC[C@H]2[C@@H]3CC(=O)C4=C/C(=N/O)CC[C@]4(C)[C@H]3CC[C@]12C. The lowest BCUT2D eigenvalue weighted by Crippen LogP contribution is -2.53. The molecule has 0 aromatic heterocycles. The van der Waals surface area contributed by atoms with Crippen LogP contribution in [0.4, 0.5) is 0 Å². The molecule has 4 aliphatic carbocycles. The third kappa shape index (κ3) is 3.48. The number of ketones is 1. The second-order valence-corrected chi connectivity index (χ2v) is 12.1. The van der Waals surface area contributed by atoms with Crippen molar-refractivity contribution in [3.05, 3.63) is 11.6 Å². The van der Waals surface area contributed by atoms with E-state index < -0.39 is 0 Å². The summed E-state index contributed by atoms with van der Waals surface area (Å²) in [6, 6.07) is 0. The minimum absolute atomic E-state index is 0.0174. The summed E-state index contributed by atoms with van der Waals surface area (Å²) in [6.45, 7) is 12.1. The molecule has 3 fully saturated rings. The van der Waals surface area contributed by atoms with Crippen LogP contribution in [0.5, 0.6) is 0 Å². The second-order valence-electron chi connectivity index (χ2n) is 12.1. The van der Waals surface area contributed by atoms with Gasteiger partial charge in [-0.05, 0) is 90.9 Å². The normalized spacial score (nSPS) is 43.2. The summed E-state index contributed by atoms with van der Waals surface area (Å²) >= 11 is 0. The summed E-state index contributed by atoms with van der Waals surface area (Å²) < 4.78 is 0. The Hall–Kier alpha value is -1.12. The molecule has 0 aromatic rings. The highest BCUT2D eigenvalue weighted by Crippen LogP contribution is 2.67. The van der Waals surface area contributed by atoms with Gasteiger partial charge >= 0.3 is 0 Å². The van der Waals surface area contributed by atoms with Crippen LogP contribution in [0.1, 0.15) is 98.8 Å². The molecule has 4 rings (SSSR count). The van der Waals surface area contributed by atoms with Crippen LogP contribution in [0, 0.1) is 46.3 Å². The number of hydrogen-bond donors (Lipinski definition) is 1. The molecule has 0 aliphatic heterocycles. The zero-order valence-electron chi connectivity index (χ0n) is 19.9. The molecule has 1 N–H and O–H groups in total. The fourth-order valence-electron chi connectivity index (χ4n) is 8.50. The van der Waals surface area contributed by atoms with Crippen LogP contribution in [0.2, 0.25) is 0 Å². The number of rotatable bonds is 5. The summed E-state index contributed by atoms with van der Waals surface area (Å²) in [4.78, 5) is 13.3. The van der Waals surface area contributed by atoms with E-state index in [-0.39, 0.29) is 5.41 Å². The summed E-state index contributed by atoms with van der Waals surface area (Å²) in [5, 5.41) is 12.7. The summed E-state index contributed by atoms with van der Waals surface area (Å²) in [6.07, 6.45) is 13.8. The van der Waals surface area contributed by atoms with Gasteiger partial charge in [-0.2, -0.15) is 0 Å². The smallest absolute Gasteiger partial charge is 0.159 e. The van der Waals surface area contributed by atoms with E-state index in [1.165, 1.54) is 44.9 Å². The standard InChI is InChI=1S/C27H43NO2/c1-17(2)7-6-8-18(3)21-9-10-22-20-16-25(29)24-15-19(28-30)11-13-27(24,5)23(20)12-14-26(21,22)4/h15,17-18,20-23,30H,6-14,16H2,1-5H3/b28-19+/t18-,20+,21-,22+,23+,26-,27-/m1/s1. The van der Waals surface area contributed by atoms with E-state index in [4.69, 9.17) is 0 Å². The average Bonchev–Trinajstić information content (AvgIpc) is 3.05. The van der Waals surface area contributed by atoms with Crippen molar-refractivity contribution in [2.75, 3.05) is 0 Å². The van der Waals surface area contributed by atoms with Gasteiger partial charge in [-0.15, -0.1) is 0 Å². The van der Waals surface area contributed by atoms with Gasteiger partial charge in [-0.1, -0.05) is 59.0 Å². The topological polar surface area (TPSA) is 49.7 Å². The quantitative estimate of drug-likeness (QED) is 0.388. The molecule has 0 radical (unpaired) electrons. The Bertz CT molecular complexity index is 737. The highest BCUT2D eigenvalue weighted by molar-refractivity contribution is 6.07. The third-order valence-corrected chi connectivity index (χ3v) is 10.1. The van der Waals surface area contributed by atoms with Crippen molar-refractivity contribution in [3.8, 4) is 0 Å². The molecule has 3 nitrogen and oxygen atoms in total. The molecule has 4 aliphatic rings. The van der Waals surface area contributed by atoms with Gasteiger partial charge in [0, 0.05) is 12.0 Å². The van der Waals surface area contributed by atoms with Crippen molar-refractivity contribution in [1.29, 1.82) is 0 Å². The molecule has 3 saturated carbocycles. The van der Waals surface area contributed by atoms with Gasteiger partial charge in [0.1, 0.15) is 0 Å². The fourth-order valence-corrected chi connectivity index (χ4v) is 8.50. The Morgan fingerprint density at radius 2 is 1.87 bits per heavy atom. The Morgan fingerprint density at radius 3 is 2.57 bits per heavy atom. The Balaban J connectivity index is 1.54. The predicted octanol–water partition coefficient (Wildman–Crippen LogP) is 7.04. The van der Waals surface area contributed by atoms with Crippen molar-refractivity contribution >= 4 is 11.5 Å². The van der Waals surface area contributed by atoms with Gasteiger partial charge in [0.15, 0.2) is 5.78 Å². The molecule has 0 spiro atoms. The number of oxime groups is 1. The van der Waals surface area contributed by atoms with Crippen LogP contribution in [0.15, 0.2) is 16.8 Å². The monoisotopic (exact) mass is 413 g/mol. The van der Waals surface area contributed by atoms with Crippen molar-refractivity contribution < 1.29 is 10.0 Å². The summed E-state index contributed by atoms with van der Waals surface area (Å²) in [5.74, 6) is 4.66. The minimum Gasteiger partial charge on any atom is -0.411 e. The lowest BCUT2D eigenvalue weighted by molar-refractivity contribution is -0.128. The van der Waals surface area contributed by atoms with Gasteiger partial charge in [-0.3, -0.25) is 4.79 Å². The zero-order valence-corrected chi connectivity index (χ0v) is 19.9. The molecule has 3 heteroatoms. The van der Waals surface area contributed by atoms with Crippen molar-refractivity contribution in [1.82, 2.24) is 0 Å². The first kappa shape index (κ1) is 22.1. The molecular weight excluding hydrogens is 370 g/mol. The largest absolute Gasteiger partial charge is 0.411 e. The molecule has 0 saturated heterocycles. The van der Waals surface area contributed by atoms with Crippen molar-refractivity contribution in [2.24, 2.45) is 51.5 Å². The van der Waals surface area contributed by atoms with Gasteiger partial charge in [-0.25, -0.2) is 0 Å². The molecule has 0 aromatic carbocycles. The maximum Gasteiger partial charge on any atom is 0.159 e. The van der Waals surface area contributed by atoms with E-state index in [0.717, 1.165) is 42.6 Å². The first-order valence-corrected chi connectivity index (χ1v) is 12.7. The molecule has 7 atom stereocenters. The molecule has 0 amide bonds. The molecular formula is C27H43NO2. The average molecular weight is 414 g/mol. The molecule has 0 heterocycles. The van der Waals surface area contributed by atoms with Crippen LogP contribution >= 0.6 is 0 Å². The second kappa shape index (κ2) is 8.10. The van der Waals surface area contributed by atoms with E-state index in [2.05, 4.69) is 39.8 Å². The van der Waals surface area contributed by atoms with Crippen LogP contribution in [0.3, 0.4) is 0 Å². The number of fused-ring (bicyclic) bond motifs is 5. The van der Waals surface area contributed by atoms with E-state index >= 15 is 0 Å². The van der Waals surface area contributed by atoms with Gasteiger partial charge in [0.05, 0.1) is 5.71 Å². The lowest BCUT2D eigenvalue weighted by atomic mass is 9.46. The van der Waals surface area contributed by atoms with E-state index in [1.807, 2.05) is 6.08 Å². The molecule has 168 valence electrons. The number of carbonyl (C=O) groups is 1. The highest BCUT2D eigenvalue weighted by atomic mass is 16.4. The first-order valence-electron chi connectivity index (χ1n) is 12.7. The van der Waals surface area contributed by atoms with E-state index in [1.54, 1.807) is 0 Å². The number of Topliss-reactive ketones (excluding diaryl/α,β-unsaturated/α-hetero) is 1. The molecule has 0 bridgehead atoms. The molecule has 0 unspecified atom stereocenters. The zero-order chi connectivity index (χ0) is 21.7. The number of hydrogen-bond acceptors (Lipinski definition) is 3. The number of carbonyl (C=O) groups excluding carboxylic acids is 1. The van der Waals surface area contributed by atoms with Crippen LogP contribution in [-0.2, 0) is 4.79 Å². The van der Waals surface area contributed by atoms with Crippen LogP contribution in [-0.4, -0.2) is 16.7 Å². The van der Waals surface area contributed by atoms with Crippen LogP contribution < -0.4 is 0 Å². The Morgan fingerprint density at radius 1 is 1.10 bits per heavy atom. The van der Waals surface area contributed by atoms with Gasteiger partial charge < -0.3 is 5.21 Å². The lowest BCUT2D eigenvalue weighted by Gasteiger charge is -2.58. The Kier molecular flexibility index (Phi) is 5.96.